The average Bonchev–Trinajstić information content (AvgIpc) is 2.58. The summed E-state index contributed by atoms with van der Waals surface area (Å²) in [6.07, 6.45) is 0.673. The van der Waals surface area contributed by atoms with E-state index in [0.717, 1.165) is 8.95 Å². The molecule has 0 saturated heterocycles. The molecule has 0 saturated carbocycles. The summed E-state index contributed by atoms with van der Waals surface area (Å²) in [7, 11) is 0. The first-order valence-electron chi connectivity index (χ1n) is 7.21. The maximum Gasteiger partial charge on any atom is 0.344 e. The third-order valence-corrected chi connectivity index (χ3v) is 4.30. The molecule has 2 aromatic rings. The number of nitro groups is 2. The highest BCUT2D eigenvalue weighted by Crippen LogP contribution is 2.23. The van der Waals surface area contributed by atoms with Crippen molar-refractivity contribution in [2.24, 2.45) is 0 Å². The van der Waals surface area contributed by atoms with E-state index >= 15 is 0 Å². The van der Waals surface area contributed by atoms with E-state index in [9.17, 15) is 20.2 Å². The van der Waals surface area contributed by atoms with Gasteiger partial charge in [0.05, 0.1) is 9.85 Å². The summed E-state index contributed by atoms with van der Waals surface area (Å²) in [5.41, 5.74) is 0.440. The highest BCUT2D eigenvalue weighted by atomic mass is 79.9. The fourth-order valence-electron chi connectivity index (χ4n) is 1.96. The van der Waals surface area contributed by atoms with Crippen LogP contribution in [0.25, 0.3) is 0 Å². The van der Waals surface area contributed by atoms with E-state index in [0.29, 0.717) is 17.5 Å². The summed E-state index contributed by atoms with van der Waals surface area (Å²) in [4.78, 5) is 20.6. The summed E-state index contributed by atoms with van der Waals surface area (Å²) in [5.74, 6) is -0.0869. The van der Waals surface area contributed by atoms with E-state index in [1.165, 1.54) is 0 Å². The van der Waals surface area contributed by atoms with E-state index < -0.39 is 20.7 Å². The molecule has 0 aliphatic heterocycles. The van der Waals surface area contributed by atoms with Crippen molar-refractivity contribution in [3.63, 3.8) is 0 Å². The zero-order valence-corrected chi connectivity index (χ0v) is 17.3. The van der Waals surface area contributed by atoms with Crippen LogP contribution in [-0.2, 0) is 0 Å². The Hall–Kier alpha value is -2.43. The molecule has 0 atom stereocenters. The van der Waals surface area contributed by atoms with E-state index in [1.54, 1.807) is 48.5 Å². The highest BCUT2D eigenvalue weighted by molar-refractivity contribution is 9.10. The highest BCUT2D eigenvalue weighted by Gasteiger charge is 2.22. The number of hydrogen-bond donors (Lipinski definition) is 2. The number of rotatable bonds is 7. The molecule has 140 valence electrons. The van der Waals surface area contributed by atoms with Crippen molar-refractivity contribution in [3.05, 3.63) is 100 Å². The molecule has 11 heteroatoms. The number of halogens is 3. The largest absolute Gasteiger partial charge is 0.344 e. The molecular weight excluding hydrogens is 507 g/mol. The van der Waals surface area contributed by atoms with Gasteiger partial charge in [0.25, 0.3) is 0 Å². The maximum atomic E-state index is 11.5. The Balaban J connectivity index is 2.55. The zero-order chi connectivity index (χ0) is 20.0. The molecule has 0 unspecified atom stereocenters. The van der Waals surface area contributed by atoms with Crippen LogP contribution in [0.15, 0.2) is 80.2 Å². The van der Waals surface area contributed by atoms with Gasteiger partial charge >= 0.3 is 10.9 Å². The van der Waals surface area contributed by atoms with Gasteiger partial charge in [0, 0.05) is 20.3 Å². The van der Waals surface area contributed by atoms with Crippen LogP contribution >= 0.6 is 43.5 Å². The third kappa shape index (κ3) is 6.35. The molecule has 0 radical (unpaired) electrons. The lowest BCUT2D eigenvalue weighted by Crippen LogP contribution is -2.16. The van der Waals surface area contributed by atoms with E-state index in [4.69, 9.17) is 11.6 Å². The zero-order valence-electron chi connectivity index (χ0n) is 13.4. The number of nitrogens with zero attached hydrogens (tertiary/aromatic N) is 2. The second-order valence-corrected chi connectivity index (χ2v) is 7.23. The van der Waals surface area contributed by atoms with E-state index in [2.05, 4.69) is 42.5 Å². The first kappa shape index (κ1) is 20.9. The molecule has 0 aliphatic carbocycles. The van der Waals surface area contributed by atoms with Gasteiger partial charge in [-0.3, -0.25) is 20.2 Å². The maximum absolute atomic E-state index is 11.5. The lowest BCUT2D eigenvalue weighted by atomic mass is 10.3. The van der Waals surface area contributed by atoms with Crippen molar-refractivity contribution in [1.82, 2.24) is 0 Å². The van der Waals surface area contributed by atoms with Crippen LogP contribution < -0.4 is 10.6 Å². The molecule has 0 fully saturated rings. The van der Waals surface area contributed by atoms with Gasteiger partial charge in [0.2, 0.25) is 0 Å². The van der Waals surface area contributed by atoms with E-state index in [-0.39, 0.29) is 5.82 Å². The normalized spacial score (nSPS) is 10.9. The molecule has 0 aliphatic rings. The average molecular weight is 519 g/mol. The molecule has 2 N–H and O–H groups in total. The van der Waals surface area contributed by atoms with Gasteiger partial charge < -0.3 is 10.6 Å². The lowest BCUT2D eigenvalue weighted by molar-refractivity contribution is -0.428. The van der Waals surface area contributed by atoms with Gasteiger partial charge in [0.1, 0.15) is 6.08 Å². The van der Waals surface area contributed by atoms with Crippen LogP contribution in [0, 0.1) is 20.2 Å². The molecule has 0 amide bonds. The van der Waals surface area contributed by atoms with Gasteiger partial charge in [-0.2, -0.15) is 0 Å². The standard InChI is InChI=1S/C16H11Br2ClN4O4/c17-10-3-1-5-12(7-10)20-16(21-13-6-2-4-11(18)8-13)14(22(24)25)9-15(19)23(26)27/h1-9,20-21H/b15-9-. The van der Waals surface area contributed by atoms with Crippen LogP contribution in [-0.4, -0.2) is 9.85 Å². The van der Waals surface area contributed by atoms with Gasteiger partial charge in [-0.25, -0.2) is 0 Å². The number of benzene rings is 2. The first-order chi connectivity index (χ1) is 12.8. The SMILES string of the molecule is O=[N+]([O-])C(/C=C(/Cl)[N+](=O)[O-])=C(Nc1cccc(Br)c1)Nc1cccc(Br)c1. The molecule has 2 aromatic carbocycles. The van der Waals surface area contributed by atoms with Crippen molar-refractivity contribution in [3.8, 4) is 0 Å². The number of nitrogens with one attached hydrogen (secondary N) is 2. The first-order valence-corrected chi connectivity index (χ1v) is 9.18. The van der Waals surface area contributed by atoms with Crippen molar-refractivity contribution in [2.45, 2.75) is 0 Å². The third-order valence-electron chi connectivity index (χ3n) is 3.07. The van der Waals surface area contributed by atoms with Crippen molar-refractivity contribution < 1.29 is 9.85 Å². The number of allylic oxidation sites excluding steroid dienone is 1. The Morgan fingerprint density at radius 1 is 0.926 bits per heavy atom. The predicted octanol–water partition coefficient (Wildman–Crippen LogP) is 5.54. The molecule has 2 rings (SSSR count). The molecule has 0 spiro atoms. The van der Waals surface area contributed by atoms with Crippen molar-refractivity contribution >= 4 is 54.8 Å². The lowest BCUT2D eigenvalue weighted by Gasteiger charge is -2.14. The quantitative estimate of drug-likeness (QED) is 0.216. The summed E-state index contributed by atoms with van der Waals surface area (Å²) >= 11 is 12.1. The topological polar surface area (TPSA) is 110 Å². The molecular formula is C16H11Br2ClN4O4. The second-order valence-electron chi connectivity index (χ2n) is 5.01. The van der Waals surface area contributed by atoms with Crippen LogP contribution in [0.5, 0.6) is 0 Å². The molecule has 0 bridgehead atoms. The smallest absolute Gasteiger partial charge is 0.336 e. The summed E-state index contributed by atoms with van der Waals surface area (Å²) < 4.78 is 1.49. The molecule has 0 aromatic heterocycles. The minimum Gasteiger partial charge on any atom is -0.336 e. The summed E-state index contributed by atoms with van der Waals surface area (Å²) in [6, 6.07) is 13.8. The Morgan fingerprint density at radius 2 is 1.41 bits per heavy atom. The van der Waals surface area contributed by atoms with Crippen LogP contribution in [0.2, 0.25) is 0 Å². The van der Waals surface area contributed by atoms with Crippen molar-refractivity contribution in [1.29, 1.82) is 0 Å². The summed E-state index contributed by atoms with van der Waals surface area (Å²) in [6.45, 7) is 0. The number of hydrogen-bond acceptors (Lipinski definition) is 6. The van der Waals surface area contributed by atoms with Gasteiger partial charge in [-0.1, -0.05) is 44.0 Å². The Morgan fingerprint density at radius 3 is 1.78 bits per heavy atom. The van der Waals surface area contributed by atoms with Gasteiger partial charge in [0.15, 0.2) is 5.82 Å². The van der Waals surface area contributed by atoms with Gasteiger partial charge in [-0.05, 0) is 48.0 Å². The molecule has 0 heterocycles. The Labute approximate surface area is 175 Å². The minimum absolute atomic E-state index is 0.0869. The fourth-order valence-corrected chi connectivity index (χ4v) is 2.86. The van der Waals surface area contributed by atoms with Crippen LogP contribution in [0.1, 0.15) is 0 Å². The number of anilines is 2. The van der Waals surface area contributed by atoms with Crippen LogP contribution in [0.4, 0.5) is 11.4 Å². The molecule has 8 nitrogen and oxygen atoms in total. The monoisotopic (exact) mass is 516 g/mol. The summed E-state index contributed by atoms with van der Waals surface area (Å²) in [5, 5.41) is 27.2. The van der Waals surface area contributed by atoms with Crippen LogP contribution in [0.3, 0.4) is 0 Å². The van der Waals surface area contributed by atoms with E-state index in [1.807, 2.05) is 0 Å². The second kappa shape index (κ2) is 9.49. The fraction of sp³-hybridized carbons (Fsp3) is 0. The Bertz CT molecular complexity index is 900. The molecule has 27 heavy (non-hydrogen) atoms. The predicted molar refractivity (Wildman–Crippen MR) is 110 cm³/mol. The van der Waals surface area contributed by atoms with Crippen molar-refractivity contribution in [2.75, 3.05) is 10.6 Å². The Kier molecular flexibility index (Phi) is 7.34. The van der Waals surface area contributed by atoms with Gasteiger partial charge in [-0.15, -0.1) is 0 Å². The minimum atomic E-state index is -0.916.